The number of pyridine rings is 1. The maximum atomic E-state index is 11.3. The molecule has 4 N–H and O–H groups in total. The number of rotatable bonds is 4. The molecule has 80 valence electrons. The van der Waals surface area contributed by atoms with Crippen LogP contribution in [0.3, 0.4) is 0 Å². The van der Waals surface area contributed by atoms with E-state index in [-0.39, 0.29) is 12.5 Å². The fourth-order valence-electron chi connectivity index (χ4n) is 1.25. The van der Waals surface area contributed by atoms with Crippen LogP contribution in [-0.2, 0) is 4.79 Å². The lowest BCUT2D eigenvalue weighted by molar-refractivity contribution is -0.119. The fourth-order valence-corrected chi connectivity index (χ4v) is 1.25. The third kappa shape index (κ3) is 2.83. The van der Waals surface area contributed by atoms with Crippen LogP contribution in [0.1, 0.15) is 12.8 Å². The summed E-state index contributed by atoms with van der Waals surface area (Å²) in [5.74, 6) is 0.414. The van der Waals surface area contributed by atoms with Gasteiger partial charge in [-0.2, -0.15) is 0 Å². The molecule has 0 radical (unpaired) electrons. The van der Waals surface area contributed by atoms with Crippen LogP contribution in [0.4, 0.5) is 11.5 Å². The van der Waals surface area contributed by atoms with E-state index in [1.807, 2.05) is 0 Å². The fraction of sp³-hybridized carbons (Fsp3) is 0.400. The lowest BCUT2D eigenvalue weighted by Crippen LogP contribution is -2.31. The third-order valence-corrected chi connectivity index (χ3v) is 2.22. The zero-order valence-electron chi connectivity index (χ0n) is 8.36. The minimum atomic E-state index is 0.000697. The van der Waals surface area contributed by atoms with Gasteiger partial charge in [0.2, 0.25) is 5.91 Å². The largest absolute Gasteiger partial charge is 0.382 e. The van der Waals surface area contributed by atoms with Crippen LogP contribution >= 0.6 is 0 Å². The molecule has 15 heavy (non-hydrogen) atoms. The summed E-state index contributed by atoms with van der Waals surface area (Å²) in [5, 5.41) is 5.83. The molecule has 5 nitrogen and oxygen atoms in total. The highest BCUT2D eigenvalue weighted by molar-refractivity contribution is 5.82. The Balaban J connectivity index is 1.81. The van der Waals surface area contributed by atoms with Crippen LogP contribution in [0.5, 0.6) is 0 Å². The van der Waals surface area contributed by atoms with Gasteiger partial charge in [-0.05, 0) is 25.0 Å². The van der Waals surface area contributed by atoms with Crippen molar-refractivity contribution in [2.24, 2.45) is 0 Å². The predicted molar refractivity (Wildman–Crippen MR) is 58.3 cm³/mol. The number of nitrogens with two attached hydrogens (primary N) is 1. The second-order valence-corrected chi connectivity index (χ2v) is 3.63. The van der Waals surface area contributed by atoms with Crippen molar-refractivity contribution in [3.05, 3.63) is 18.3 Å². The van der Waals surface area contributed by atoms with Crippen molar-refractivity contribution in [1.82, 2.24) is 10.3 Å². The van der Waals surface area contributed by atoms with Crippen molar-refractivity contribution in [2.45, 2.75) is 18.9 Å². The van der Waals surface area contributed by atoms with Gasteiger partial charge in [-0.3, -0.25) is 4.79 Å². The van der Waals surface area contributed by atoms with Crippen molar-refractivity contribution >= 4 is 17.4 Å². The molecule has 1 aliphatic carbocycles. The SMILES string of the molecule is Nc1ncccc1NCC(=O)NC1CC1. The molecule has 1 aliphatic rings. The van der Waals surface area contributed by atoms with Gasteiger partial charge in [-0.25, -0.2) is 4.98 Å². The van der Waals surface area contributed by atoms with Gasteiger partial charge in [0.1, 0.15) is 5.82 Å². The smallest absolute Gasteiger partial charge is 0.239 e. The van der Waals surface area contributed by atoms with Crippen molar-refractivity contribution in [1.29, 1.82) is 0 Å². The molecule has 0 atom stereocenters. The highest BCUT2D eigenvalue weighted by Gasteiger charge is 2.22. The summed E-state index contributed by atoms with van der Waals surface area (Å²) in [6.45, 7) is 0.242. The Hall–Kier alpha value is -1.78. The maximum Gasteiger partial charge on any atom is 0.239 e. The van der Waals surface area contributed by atoms with Crippen LogP contribution in [0, 0.1) is 0 Å². The summed E-state index contributed by atoms with van der Waals surface area (Å²) in [6.07, 6.45) is 3.81. The summed E-state index contributed by atoms with van der Waals surface area (Å²) in [5.41, 5.74) is 6.31. The van der Waals surface area contributed by atoms with Crippen molar-refractivity contribution in [3.8, 4) is 0 Å². The molecule has 1 amide bonds. The van der Waals surface area contributed by atoms with Crippen molar-refractivity contribution in [3.63, 3.8) is 0 Å². The van der Waals surface area contributed by atoms with Crippen molar-refractivity contribution in [2.75, 3.05) is 17.6 Å². The summed E-state index contributed by atoms with van der Waals surface area (Å²) < 4.78 is 0. The molecule has 0 saturated heterocycles. The van der Waals surface area contributed by atoms with E-state index in [0.29, 0.717) is 17.5 Å². The Bertz CT molecular complexity index is 362. The molecule has 1 saturated carbocycles. The number of hydrogen-bond acceptors (Lipinski definition) is 4. The highest BCUT2D eigenvalue weighted by atomic mass is 16.2. The molecule has 0 aromatic carbocycles. The summed E-state index contributed by atoms with van der Waals surface area (Å²) in [7, 11) is 0. The molecule has 5 heteroatoms. The summed E-state index contributed by atoms with van der Waals surface area (Å²) >= 11 is 0. The van der Waals surface area contributed by atoms with Gasteiger partial charge in [0.25, 0.3) is 0 Å². The zero-order chi connectivity index (χ0) is 10.7. The van der Waals surface area contributed by atoms with E-state index in [0.717, 1.165) is 12.8 Å². The van der Waals surface area contributed by atoms with Crippen LogP contribution in [0.2, 0.25) is 0 Å². The molecule has 1 aromatic heterocycles. The number of hydrogen-bond donors (Lipinski definition) is 3. The van der Waals surface area contributed by atoms with Gasteiger partial charge in [0, 0.05) is 12.2 Å². The molecular weight excluding hydrogens is 192 g/mol. The first-order chi connectivity index (χ1) is 7.25. The Morgan fingerprint density at radius 1 is 1.60 bits per heavy atom. The van der Waals surface area contributed by atoms with Crippen LogP contribution in [0.15, 0.2) is 18.3 Å². The number of carbonyl (C=O) groups is 1. The first-order valence-electron chi connectivity index (χ1n) is 4.99. The second-order valence-electron chi connectivity index (χ2n) is 3.63. The van der Waals surface area contributed by atoms with Crippen LogP contribution < -0.4 is 16.4 Å². The standard InChI is InChI=1S/C10H14N4O/c11-10-8(2-1-5-12-10)13-6-9(15)14-7-3-4-7/h1-2,5,7,13H,3-4,6H2,(H2,11,12)(H,14,15). The monoisotopic (exact) mass is 206 g/mol. The van der Waals surface area contributed by atoms with Crippen LogP contribution in [-0.4, -0.2) is 23.5 Å². The van der Waals surface area contributed by atoms with Crippen molar-refractivity contribution < 1.29 is 4.79 Å². The molecule has 0 bridgehead atoms. The maximum absolute atomic E-state index is 11.3. The lowest BCUT2D eigenvalue weighted by Gasteiger charge is -2.07. The normalized spacial score (nSPS) is 14.7. The molecule has 0 spiro atoms. The Morgan fingerprint density at radius 3 is 3.07 bits per heavy atom. The molecule has 1 aromatic rings. The van der Waals surface area contributed by atoms with E-state index in [1.54, 1.807) is 18.3 Å². The Labute approximate surface area is 88.1 Å². The average molecular weight is 206 g/mol. The van der Waals surface area contributed by atoms with Gasteiger partial charge in [-0.1, -0.05) is 0 Å². The molecule has 0 aliphatic heterocycles. The van der Waals surface area contributed by atoms with Crippen LogP contribution in [0.25, 0.3) is 0 Å². The third-order valence-electron chi connectivity index (χ3n) is 2.22. The summed E-state index contributed by atoms with van der Waals surface area (Å²) in [4.78, 5) is 15.3. The van der Waals surface area contributed by atoms with E-state index in [1.165, 1.54) is 0 Å². The minimum Gasteiger partial charge on any atom is -0.382 e. The lowest BCUT2D eigenvalue weighted by atomic mass is 10.4. The van der Waals surface area contributed by atoms with Gasteiger partial charge in [0.15, 0.2) is 0 Å². The number of aromatic nitrogens is 1. The number of carbonyl (C=O) groups excluding carboxylic acids is 1. The number of nitrogens with one attached hydrogen (secondary N) is 2. The van der Waals surface area contributed by atoms with E-state index < -0.39 is 0 Å². The first kappa shape index (κ1) is 9.76. The quantitative estimate of drug-likeness (QED) is 0.664. The van der Waals surface area contributed by atoms with Gasteiger partial charge < -0.3 is 16.4 Å². The predicted octanol–water partition coefficient (Wildman–Crippen LogP) is 0.354. The molecule has 1 fully saturated rings. The average Bonchev–Trinajstić information content (AvgIpc) is 3.00. The van der Waals surface area contributed by atoms with E-state index >= 15 is 0 Å². The molecule has 0 unspecified atom stereocenters. The van der Waals surface area contributed by atoms with Gasteiger partial charge in [0.05, 0.1) is 12.2 Å². The first-order valence-corrected chi connectivity index (χ1v) is 4.99. The molecular formula is C10H14N4O. The van der Waals surface area contributed by atoms with E-state index in [9.17, 15) is 4.79 Å². The minimum absolute atomic E-state index is 0.000697. The summed E-state index contributed by atoms with van der Waals surface area (Å²) in [6, 6.07) is 3.97. The topological polar surface area (TPSA) is 80.0 Å². The Morgan fingerprint density at radius 2 is 2.40 bits per heavy atom. The van der Waals surface area contributed by atoms with Gasteiger partial charge >= 0.3 is 0 Å². The van der Waals surface area contributed by atoms with E-state index in [4.69, 9.17) is 5.73 Å². The second kappa shape index (κ2) is 4.16. The van der Waals surface area contributed by atoms with Gasteiger partial charge in [-0.15, -0.1) is 0 Å². The number of amides is 1. The number of nitrogens with zero attached hydrogens (tertiary/aromatic N) is 1. The Kier molecular flexibility index (Phi) is 2.71. The molecule has 2 rings (SSSR count). The number of nitrogen functional groups attached to an aromatic ring is 1. The molecule has 1 heterocycles. The number of anilines is 2. The van der Waals surface area contributed by atoms with E-state index in [2.05, 4.69) is 15.6 Å². The highest BCUT2D eigenvalue weighted by Crippen LogP contribution is 2.18. The zero-order valence-corrected chi connectivity index (χ0v) is 8.36.